The molecule has 0 heterocycles. The lowest BCUT2D eigenvalue weighted by atomic mass is 10.1. The highest BCUT2D eigenvalue weighted by Crippen LogP contribution is 2.18. The highest BCUT2D eigenvalue weighted by Gasteiger charge is 2.16. The number of benzene rings is 2. The van der Waals surface area contributed by atoms with Gasteiger partial charge in [-0.3, -0.25) is 19.4 Å². The number of hydrogen-bond donors (Lipinski definition) is 2. The second-order valence-electron chi connectivity index (χ2n) is 7.70. The second kappa shape index (κ2) is 12.1. The van der Waals surface area contributed by atoms with Crippen molar-refractivity contribution in [3.8, 4) is 0 Å². The van der Waals surface area contributed by atoms with Gasteiger partial charge >= 0.3 is 0 Å². The van der Waals surface area contributed by atoms with Crippen molar-refractivity contribution in [2.75, 3.05) is 40.3 Å². The maximum absolute atomic E-state index is 12.2. The SMILES string of the molecule is CC(c1ccccc1)N(C)CC(=O)NCCNC(=O)CN(C)C(C)c1ccccc1. The van der Waals surface area contributed by atoms with E-state index in [-0.39, 0.29) is 23.9 Å². The van der Waals surface area contributed by atoms with Gasteiger partial charge in [0, 0.05) is 25.2 Å². The summed E-state index contributed by atoms with van der Waals surface area (Å²) in [6, 6.07) is 20.5. The summed E-state index contributed by atoms with van der Waals surface area (Å²) in [4.78, 5) is 28.4. The van der Waals surface area contributed by atoms with E-state index in [2.05, 4.69) is 48.7 Å². The number of nitrogens with zero attached hydrogens (tertiary/aromatic N) is 2. The van der Waals surface area contributed by atoms with Crippen LogP contribution in [0.5, 0.6) is 0 Å². The summed E-state index contributed by atoms with van der Waals surface area (Å²) in [6.07, 6.45) is 0. The van der Waals surface area contributed by atoms with E-state index in [0.29, 0.717) is 26.2 Å². The molecule has 0 spiro atoms. The van der Waals surface area contributed by atoms with Gasteiger partial charge in [-0.25, -0.2) is 0 Å². The Morgan fingerprint density at radius 2 is 1.03 bits per heavy atom. The Morgan fingerprint density at radius 1 is 0.700 bits per heavy atom. The van der Waals surface area contributed by atoms with Gasteiger partial charge in [-0.1, -0.05) is 60.7 Å². The Hall–Kier alpha value is -2.70. The zero-order valence-corrected chi connectivity index (χ0v) is 18.5. The average molecular weight is 411 g/mol. The van der Waals surface area contributed by atoms with Crippen LogP contribution in [0.25, 0.3) is 0 Å². The second-order valence-corrected chi connectivity index (χ2v) is 7.70. The normalized spacial score (nSPS) is 13.1. The maximum Gasteiger partial charge on any atom is 0.234 e. The van der Waals surface area contributed by atoms with Crippen LogP contribution in [0.4, 0.5) is 0 Å². The molecule has 2 aromatic carbocycles. The van der Waals surface area contributed by atoms with Crippen molar-refractivity contribution in [2.24, 2.45) is 0 Å². The number of carbonyl (C=O) groups excluding carboxylic acids is 2. The lowest BCUT2D eigenvalue weighted by Crippen LogP contribution is -2.42. The minimum atomic E-state index is -0.0515. The molecular formula is C24H34N4O2. The van der Waals surface area contributed by atoms with Crippen LogP contribution in [0.15, 0.2) is 60.7 Å². The van der Waals surface area contributed by atoms with E-state index in [0.717, 1.165) is 0 Å². The summed E-state index contributed by atoms with van der Waals surface area (Å²) >= 11 is 0. The van der Waals surface area contributed by atoms with Crippen molar-refractivity contribution in [2.45, 2.75) is 25.9 Å². The molecule has 2 aromatic rings. The van der Waals surface area contributed by atoms with Gasteiger partial charge in [0.25, 0.3) is 0 Å². The lowest BCUT2D eigenvalue weighted by Gasteiger charge is -2.25. The zero-order valence-electron chi connectivity index (χ0n) is 18.5. The minimum absolute atomic E-state index is 0.0515. The number of likely N-dealkylation sites (N-methyl/N-ethyl adjacent to an activating group) is 2. The smallest absolute Gasteiger partial charge is 0.234 e. The van der Waals surface area contributed by atoms with Gasteiger partial charge in [-0.2, -0.15) is 0 Å². The van der Waals surface area contributed by atoms with E-state index in [4.69, 9.17) is 0 Å². The molecule has 0 bridgehead atoms. The van der Waals surface area contributed by atoms with Crippen LogP contribution in [0, 0.1) is 0 Å². The summed E-state index contributed by atoms with van der Waals surface area (Å²) in [5.41, 5.74) is 2.35. The van der Waals surface area contributed by atoms with Gasteiger partial charge in [0.05, 0.1) is 13.1 Å². The predicted octanol–water partition coefficient (Wildman–Crippen LogP) is 2.60. The Kier molecular flexibility index (Phi) is 9.51. The topological polar surface area (TPSA) is 64.7 Å². The van der Waals surface area contributed by atoms with Crippen LogP contribution in [0.3, 0.4) is 0 Å². The highest BCUT2D eigenvalue weighted by molar-refractivity contribution is 5.79. The molecule has 2 N–H and O–H groups in total. The summed E-state index contributed by atoms with van der Waals surface area (Å²) in [5.74, 6) is -0.103. The minimum Gasteiger partial charge on any atom is -0.353 e. The fourth-order valence-electron chi connectivity index (χ4n) is 3.21. The van der Waals surface area contributed by atoms with Crippen molar-refractivity contribution in [3.63, 3.8) is 0 Å². The molecule has 2 unspecified atom stereocenters. The Labute approximate surface area is 180 Å². The van der Waals surface area contributed by atoms with E-state index in [1.165, 1.54) is 11.1 Å². The van der Waals surface area contributed by atoms with Crippen molar-refractivity contribution < 1.29 is 9.59 Å². The third kappa shape index (κ3) is 7.61. The van der Waals surface area contributed by atoms with Crippen LogP contribution >= 0.6 is 0 Å². The molecule has 6 heteroatoms. The first-order valence-corrected chi connectivity index (χ1v) is 10.4. The van der Waals surface area contributed by atoms with Gasteiger partial charge < -0.3 is 10.6 Å². The molecular weight excluding hydrogens is 376 g/mol. The molecule has 0 saturated heterocycles. The summed E-state index contributed by atoms with van der Waals surface area (Å²) in [5, 5.41) is 5.74. The van der Waals surface area contributed by atoms with Crippen LogP contribution in [0.2, 0.25) is 0 Å². The zero-order chi connectivity index (χ0) is 21.9. The van der Waals surface area contributed by atoms with Gasteiger partial charge in [0.15, 0.2) is 0 Å². The van der Waals surface area contributed by atoms with Gasteiger partial charge in [0.2, 0.25) is 11.8 Å². The van der Waals surface area contributed by atoms with Crippen molar-refractivity contribution in [3.05, 3.63) is 71.8 Å². The lowest BCUT2D eigenvalue weighted by molar-refractivity contribution is -0.124. The van der Waals surface area contributed by atoms with Crippen LogP contribution in [0.1, 0.15) is 37.1 Å². The molecule has 0 fully saturated rings. The standard InChI is InChI=1S/C24H34N4O2/c1-19(21-11-7-5-8-12-21)27(3)17-23(29)25-15-16-26-24(30)18-28(4)20(2)22-13-9-6-10-14-22/h5-14,19-20H,15-18H2,1-4H3,(H,25,29)(H,26,30). The van der Waals surface area contributed by atoms with Gasteiger partial charge in [-0.05, 0) is 39.1 Å². The fraction of sp³-hybridized carbons (Fsp3) is 0.417. The molecule has 0 aromatic heterocycles. The monoisotopic (exact) mass is 410 g/mol. The molecule has 0 aliphatic heterocycles. The maximum atomic E-state index is 12.2. The quantitative estimate of drug-likeness (QED) is 0.559. The van der Waals surface area contributed by atoms with E-state index in [1.54, 1.807) is 0 Å². The van der Waals surface area contributed by atoms with Crippen molar-refractivity contribution >= 4 is 11.8 Å². The van der Waals surface area contributed by atoms with Crippen molar-refractivity contribution in [1.29, 1.82) is 0 Å². The molecule has 2 rings (SSSR count). The first kappa shape index (κ1) is 23.6. The van der Waals surface area contributed by atoms with Gasteiger partial charge in [-0.15, -0.1) is 0 Å². The number of carbonyl (C=O) groups is 2. The van der Waals surface area contributed by atoms with E-state index in [9.17, 15) is 9.59 Å². The fourth-order valence-corrected chi connectivity index (χ4v) is 3.21. The van der Waals surface area contributed by atoms with Crippen LogP contribution in [-0.4, -0.2) is 61.9 Å². The number of hydrogen-bond acceptors (Lipinski definition) is 4. The molecule has 0 radical (unpaired) electrons. The largest absolute Gasteiger partial charge is 0.353 e. The summed E-state index contributed by atoms with van der Waals surface area (Å²) in [7, 11) is 3.87. The van der Waals surface area contributed by atoms with E-state index < -0.39 is 0 Å². The molecule has 162 valence electrons. The van der Waals surface area contributed by atoms with Gasteiger partial charge in [0.1, 0.15) is 0 Å². The first-order chi connectivity index (χ1) is 14.4. The Bertz CT molecular complexity index is 715. The molecule has 0 saturated carbocycles. The molecule has 6 nitrogen and oxygen atoms in total. The highest BCUT2D eigenvalue weighted by atomic mass is 16.2. The number of rotatable bonds is 11. The van der Waals surface area contributed by atoms with Crippen LogP contribution < -0.4 is 10.6 Å². The molecule has 0 aliphatic rings. The first-order valence-electron chi connectivity index (χ1n) is 10.4. The molecule has 2 atom stereocenters. The Balaban J connectivity index is 1.64. The van der Waals surface area contributed by atoms with Crippen LogP contribution in [-0.2, 0) is 9.59 Å². The summed E-state index contributed by atoms with van der Waals surface area (Å²) < 4.78 is 0. The third-order valence-electron chi connectivity index (χ3n) is 5.44. The number of amides is 2. The van der Waals surface area contributed by atoms with E-state index >= 15 is 0 Å². The van der Waals surface area contributed by atoms with Crippen molar-refractivity contribution in [1.82, 2.24) is 20.4 Å². The summed E-state index contributed by atoms with van der Waals surface area (Å²) in [6.45, 7) is 5.60. The molecule has 2 amide bonds. The molecule has 30 heavy (non-hydrogen) atoms. The van der Waals surface area contributed by atoms with E-state index in [1.807, 2.05) is 60.3 Å². The predicted molar refractivity (Wildman–Crippen MR) is 121 cm³/mol. The Morgan fingerprint density at radius 3 is 1.37 bits per heavy atom. The molecule has 0 aliphatic carbocycles. The number of nitrogens with one attached hydrogen (secondary N) is 2. The average Bonchev–Trinajstić information content (AvgIpc) is 2.76. The third-order valence-corrected chi connectivity index (χ3v) is 5.44.